The maximum atomic E-state index is 13.4. The van der Waals surface area contributed by atoms with Crippen LogP contribution >= 0.6 is 0 Å². The predicted octanol–water partition coefficient (Wildman–Crippen LogP) is 2.42. The molecule has 1 aromatic rings. The second kappa shape index (κ2) is 4.26. The molecule has 0 aromatic heterocycles. The molecule has 0 unspecified atom stereocenters. The van der Waals surface area contributed by atoms with Crippen LogP contribution in [0.15, 0.2) is 18.2 Å². The third-order valence-corrected chi connectivity index (χ3v) is 3.65. The van der Waals surface area contributed by atoms with Crippen molar-refractivity contribution in [3.05, 3.63) is 29.6 Å². The summed E-state index contributed by atoms with van der Waals surface area (Å²) in [7, 11) is 0. The third-order valence-electron chi connectivity index (χ3n) is 3.65. The summed E-state index contributed by atoms with van der Waals surface area (Å²) in [5, 5.41) is 0. The van der Waals surface area contributed by atoms with Crippen LogP contribution in [-0.2, 0) is 0 Å². The standard InChI is InChI=1S/C14H17FN2O/c15-12-7-10(3-6-13(12)16)14(18)17(11-4-5-11)8-9-1-2-9/h3,6-7,9,11H,1-2,4-5,8,16H2. The van der Waals surface area contributed by atoms with Gasteiger partial charge in [-0.3, -0.25) is 4.79 Å². The van der Waals surface area contributed by atoms with Crippen LogP contribution < -0.4 is 5.73 Å². The zero-order chi connectivity index (χ0) is 12.7. The van der Waals surface area contributed by atoms with E-state index in [1.54, 1.807) is 6.07 Å². The van der Waals surface area contributed by atoms with E-state index in [-0.39, 0.29) is 11.6 Å². The molecule has 0 saturated heterocycles. The zero-order valence-corrected chi connectivity index (χ0v) is 10.2. The second-order valence-electron chi connectivity index (χ2n) is 5.37. The van der Waals surface area contributed by atoms with Crippen molar-refractivity contribution in [3.63, 3.8) is 0 Å². The summed E-state index contributed by atoms with van der Waals surface area (Å²) in [5.74, 6) is 0.0968. The van der Waals surface area contributed by atoms with Crippen molar-refractivity contribution < 1.29 is 9.18 Å². The minimum atomic E-state index is -0.511. The number of amides is 1. The number of hydrogen-bond acceptors (Lipinski definition) is 2. The molecule has 3 rings (SSSR count). The largest absolute Gasteiger partial charge is 0.396 e. The Hall–Kier alpha value is -1.58. The Labute approximate surface area is 106 Å². The molecule has 0 spiro atoms. The van der Waals surface area contributed by atoms with Gasteiger partial charge < -0.3 is 10.6 Å². The third kappa shape index (κ3) is 2.33. The van der Waals surface area contributed by atoms with Gasteiger partial charge in [0, 0.05) is 18.2 Å². The van der Waals surface area contributed by atoms with Gasteiger partial charge in [0.05, 0.1) is 5.69 Å². The highest BCUT2D eigenvalue weighted by Gasteiger charge is 2.36. The molecule has 2 aliphatic rings. The quantitative estimate of drug-likeness (QED) is 0.832. The molecular formula is C14H17FN2O. The molecule has 2 N–H and O–H groups in total. The Balaban J connectivity index is 1.79. The van der Waals surface area contributed by atoms with Crippen molar-refractivity contribution >= 4 is 11.6 Å². The van der Waals surface area contributed by atoms with E-state index in [2.05, 4.69) is 0 Å². The van der Waals surface area contributed by atoms with Gasteiger partial charge in [-0.1, -0.05) is 0 Å². The number of halogens is 1. The summed E-state index contributed by atoms with van der Waals surface area (Å²) in [6.45, 7) is 0.829. The molecule has 0 heterocycles. The summed E-state index contributed by atoms with van der Waals surface area (Å²) in [6, 6.07) is 4.70. The molecule has 2 saturated carbocycles. The number of benzene rings is 1. The fraction of sp³-hybridized carbons (Fsp3) is 0.500. The first-order chi connectivity index (χ1) is 8.65. The lowest BCUT2D eigenvalue weighted by Crippen LogP contribution is -2.35. The normalized spacial score (nSPS) is 18.7. The van der Waals surface area contributed by atoms with Gasteiger partial charge in [0.2, 0.25) is 0 Å². The summed E-state index contributed by atoms with van der Waals surface area (Å²) < 4.78 is 13.4. The van der Waals surface area contributed by atoms with E-state index in [0.29, 0.717) is 17.5 Å². The van der Waals surface area contributed by atoms with Crippen molar-refractivity contribution in [1.29, 1.82) is 0 Å². The Morgan fingerprint density at radius 1 is 1.33 bits per heavy atom. The zero-order valence-electron chi connectivity index (χ0n) is 10.2. The molecule has 4 heteroatoms. The monoisotopic (exact) mass is 248 g/mol. The van der Waals surface area contributed by atoms with Gasteiger partial charge in [-0.25, -0.2) is 4.39 Å². The lowest BCUT2D eigenvalue weighted by atomic mass is 10.1. The molecule has 2 aliphatic carbocycles. The van der Waals surface area contributed by atoms with E-state index in [1.807, 2.05) is 4.90 Å². The van der Waals surface area contributed by atoms with Gasteiger partial charge in [0.25, 0.3) is 5.91 Å². The summed E-state index contributed by atoms with van der Waals surface area (Å²) in [5.41, 5.74) is 5.93. The van der Waals surface area contributed by atoms with Crippen LogP contribution in [0.3, 0.4) is 0 Å². The molecule has 3 nitrogen and oxygen atoms in total. The molecular weight excluding hydrogens is 231 g/mol. The number of hydrogen-bond donors (Lipinski definition) is 1. The topological polar surface area (TPSA) is 46.3 Å². The summed E-state index contributed by atoms with van der Waals surface area (Å²) >= 11 is 0. The smallest absolute Gasteiger partial charge is 0.254 e. The Bertz CT molecular complexity index is 481. The molecule has 96 valence electrons. The molecule has 1 aromatic carbocycles. The van der Waals surface area contributed by atoms with Gasteiger partial charge in [-0.05, 0) is 49.8 Å². The number of nitrogens with two attached hydrogens (primary N) is 1. The van der Waals surface area contributed by atoms with Gasteiger partial charge in [0.1, 0.15) is 5.82 Å². The first-order valence-electron chi connectivity index (χ1n) is 6.51. The Kier molecular flexibility index (Phi) is 2.73. The maximum absolute atomic E-state index is 13.4. The van der Waals surface area contributed by atoms with E-state index >= 15 is 0 Å². The highest BCUT2D eigenvalue weighted by atomic mass is 19.1. The maximum Gasteiger partial charge on any atom is 0.254 e. The molecule has 0 atom stereocenters. The van der Waals surface area contributed by atoms with E-state index < -0.39 is 5.82 Å². The van der Waals surface area contributed by atoms with Crippen molar-refractivity contribution in [2.75, 3.05) is 12.3 Å². The SMILES string of the molecule is Nc1ccc(C(=O)N(CC2CC2)C2CC2)cc1F. The van der Waals surface area contributed by atoms with Gasteiger partial charge in [-0.15, -0.1) is 0 Å². The number of nitrogens with zero attached hydrogens (tertiary/aromatic N) is 1. The molecule has 0 bridgehead atoms. The van der Waals surface area contributed by atoms with Crippen molar-refractivity contribution in [3.8, 4) is 0 Å². The van der Waals surface area contributed by atoms with Gasteiger partial charge in [-0.2, -0.15) is 0 Å². The fourth-order valence-electron chi connectivity index (χ4n) is 2.19. The molecule has 1 amide bonds. The van der Waals surface area contributed by atoms with E-state index in [1.165, 1.54) is 25.0 Å². The highest BCUT2D eigenvalue weighted by molar-refractivity contribution is 5.95. The first-order valence-corrected chi connectivity index (χ1v) is 6.51. The highest BCUT2D eigenvalue weighted by Crippen LogP contribution is 2.35. The number of nitrogen functional groups attached to an aromatic ring is 1. The molecule has 0 aliphatic heterocycles. The average Bonchev–Trinajstić information content (AvgIpc) is 3.22. The van der Waals surface area contributed by atoms with Crippen molar-refractivity contribution in [2.24, 2.45) is 5.92 Å². The number of carbonyl (C=O) groups is 1. The molecule has 18 heavy (non-hydrogen) atoms. The average molecular weight is 248 g/mol. The van der Waals surface area contributed by atoms with E-state index in [0.717, 1.165) is 19.4 Å². The van der Waals surface area contributed by atoms with Crippen molar-refractivity contribution in [1.82, 2.24) is 4.90 Å². The Morgan fingerprint density at radius 2 is 2.06 bits per heavy atom. The van der Waals surface area contributed by atoms with Gasteiger partial charge in [0.15, 0.2) is 0 Å². The van der Waals surface area contributed by atoms with Crippen LogP contribution in [0.2, 0.25) is 0 Å². The van der Waals surface area contributed by atoms with Gasteiger partial charge >= 0.3 is 0 Å². The van der Waals surface area contributed by atoms with Crippen LogP contribution in [0, 0.1) is 11.7 Å². The van der Waals surface area contributed by atoms with Crippen LogP contribution in [0.5, 0.6) is 0 Å². The minimum Gasteiger partial charge on any atom is -0.396 e. The Morgan fingerprint density at radius 3 is 2.61 bits per heavy atom. The van der Waals surface area contributed by atoms with E-state index in [9.17, 15) is 9.18 Å². The summed E-state index contributed by atoms with van der Waals surface area (Å²) in [4.78, 5) is 14.3. The lowest BCUT2D eigenvalue weighted by molar-refractivity contribution is 0.0734. The summed E-state index contributed by atoms with van der Waals surface area (Å²) in [6.07, 6.45) is 4.59. The van der Waals surface area contributed by atoms with Crippen LogP contribution in [-0.4, -0.2) is 23.4 Å². The first kappa shape index (κ1) is 11.5. The van der Waals surface area contributed by atoms with Crippen LogP contribution in [0.4, 0.5) is 10.1 Å². The molecule has 0 radical (unpaired) electrons. The fourth-order valence-corrected chi connectivity index (χ4v) is 2.19. The van der Waals surface area contributed by atoms with Crippen LogP contribution in [0.25, 0.3) is 0 Å². The number of anilines is 1. The predicted molar refractivity (Wildman–Crippen MR) is 67.6 cm³/mol. The second-order valence-corrected chi connectivity index (χ2v) is 5.37. The number of carbonyl (C=O) groups excluding carboxylic acids is 1. The number of rotatable bonds is 4. The van der Waals surface area contributed by atoms with E-state index in [4.69, 9.17) is 5.73 Å². The lowest BCUT2D eigenvalue weighted by Gasteiger charge is -2.22. The van der Waals surface area contributed by atoms with Crippen molar-refractivity contribution in [2.45, 2.75) is 31.7 Å². The van der Waals surface area contributed by atoms with Crippen LogP contribution in [0.1, 0.15) is 36.0 Å². The molecule has 2 fully saturated rings. The minimum absolute atomic E-state index is 0.0525.